The third kappa shape index (κ3) is 2.10. The lowest BCUT2D eigenvalue weighted by atomic mass is 10.2. The van der Waals surface area contributed by atoms with Crippen molar-refractivity contribution < 1.29 is 9.26 Å². The Bertz CT molecular complexity index is 281. The van der Waals surface area contributed by atoms with Crippen LogP contribution in [0.1, 0.15) is 37.5 Å². The SMILES string of the molecule is CCOCc1noc([C@@H]2CCCN2)n1. The predicted octanol–water partition coefficient (Wildman–Crippen LogP) is 1.03. The van der Waals surface area contributed by atoms with Crippen molar-refractivity contribution in [2.75, 3.05) is 13.2 Å². The fraction of sp³-hybridized carbons (Fsp3) is 0.778. The highest BCUT2D eigenvalue weighted by Gasteiger charge is 2.22. The van der Waals surface area contributed by atoms with Gasteiger partial charge in [-0.2, -0.15) is 4.98 Å². The molecule has 0 radical (unpaired) electrons. The molecule has 1 N–H and O–H groups in total. The molecule has 0 bridgehead atoms. The largest absolute Gasteiger partial charge is 0.374 e. The zero-order valence-electron chi connectivity index (χ0n) is 8.32. The molecule has 5 heteroatoms. The molecule has 5 nitrogen and oxygen atoms in total. The van der Waals surface area contributed by atoms with Gasteiger partial charge < -0.3 is 14.6 Å². The molecule has 1 aliphatic heterocycles. The maximum atomic E-state index is 5.19. The van der Waals surface area contributed by atoms with Gasteiger partial charge in [-0.05, 0) is 26.3 Å². The van der Waals surface area contributed by atoms with E-state index < -0.39 is 0 Å². The second kappa shape index (κ2) is 4.52. The molecule has 1 aromatic heterocycles. The first-order chi connectivity index (χ1) is 6.90. The van der Waals surface area contributed by atoms with Gasteiger partial charge in [-0.15, -0.1) is 0 Å². The van der Waals surface area contributed by atoms with Crippen LogP contribution in [0.3, 0.4) is 0 Å². The van der Waals surface area contributed by atoms with Crippen LogP contribution in [0.25, 0.3) is 0 Å². The lowest BCUT2D eigenvalue weighted by Gasteiger charge is -2.01. The van der Waals surface area contributed by atoms with E-state index in [1.54, 1.807) is 0 Å². The minimum atomic E-state index is 0.248. The van der Waals surface area contributed by atoms with E-state index in [0.29, 0.717) is 24.9 Å². The summed E-state index contributed by atoms with van der Waals surface area (Å²) in [5.74, 6) is 1.33. The molecule has 1 fully saturated rings. The van der Waals surface area contributed by atoms with Crippen LogP contribution in [0, 0.1) is 0 Å². The van der Waals surface area contributed by atoms with Crippen molar-refractivity contribution in [2.45, 2.75) is 32.4 Å². The van der Waals surface area contributed by atoms with E-state index in [1.165, 1.54) is 6.42 Å². The minimum Gasteiger partial charge on any atom is -0.374 e. The van der Waals surface area contributed by atoms with Gasteiger partial charge in [-0.1, -0.05) is 5.16 Å². The molecule has 0 unspecified atom stereocenters. The zero-order valence-corrected chi connectivity index (χ0v) is 8.32. The molecule has 78 valence electrons. The van der Waals surface area contributed by atoms with E-state index >= 15 is 0 Å². The Kier molecular flexibility index (Phi) is 3.10. The van der Waals surface area contributed by atoms with Gasteiger partial charge in [-0.3, -0.25) is 0 Å². The average Bonchev–Trinajstić information content (AvgIpc) is 2.85. The van der Waals surface area contributed by atoms with Gasteiger partial charge in [0.05, 0.1) is 6.04 Å². The van der Waals surface area contributed by atoms with E-state index in [1.807, 2.05) is 6.92 Å². The lowest BCUT2D eigenvalue weighted by molar-refractivity contribution is 0.126. The van der Waals surface area contributed by atoms with Crippen molar-refractivity contribution in [1.29, 1.82) is 0 Å². The number of hydrogen-bond acceptors (Lipinski definition) is 5. The van der Waals surface area contributed by atoms with E-state index in [4.69, 9.17) is 9.26 Å². The first-order valence-electron chi connectivity index (χ1n) is 5.03. The molecule has 1 aliphatic rings. The Labute approximate surface area is 82.8 Å². The second-order valence-corrected chi connectivity index (χ2v) is 3.33. The first kappa shape index (κ1) is 9.61. The third-order valence-electron chi connectivity index (χ3n) is 2.28. The standard InChI is InChI=1S/C9H15N3O2/c1-2-13-6-8-11-9(14-12-8)7-4-3-5-10-7/h7,10H,2-6H2,1H3/t7-/m0/s1. The van der Waals surface area contributed by atoms with Crippen LogP contribution in [-0.4, -0.2) is 23.3 Å². The van der Waals surface area contributed by atoms with Crippen LogP contribution >= 0.6 is 0 Å². The maximum Gasteiger partial charge on any atom is 0.243 e. The van der Waals surface area contributed by atoms with Crippen molar-refractivity contribution in [1.82, 2.24) is 15.5 Å². The van der Waals surface area contributed by atoms with Crippen molar-refractivity contribution in [3.8, 4) is 0 Å². The molecule has 0 amide bonds. The highest BCUT2D eigenvalue weighted by atomic mass is 16.5. The summed E-state index contributed by atoms with van der Waals surface area (Å²) in [5.41, 5.74) is 0. The quantitative estimate of drug-likeness (QED) is 0.781. The zero-order chi connectivity index (χ0) is 9.80. The van der Waals surface area contributed by atoms with Crippen LogP contribution in [0.15, 0.2) is 4.52 Å². The molecule has 1 atom stereocenters. The highest BCUT2D eigenvalue weighted by Crippen LogP contribution is 2.20. The van der Waals surface area contributed by atoms with E-state index in [2.05, 4.69) is 15.5 Å². The third-order valence-corrected chi connectivity index (χ3v) is 2.28. The normalized spacial score (nSPS) is 21.6. The van der Waals surface area contributed by atoms with Gasteiger partial charge in [0.15, 0.2) is 5.82 Å². The molecule has 0 spiro atoms. The number of nitrogens with one attached hydrogen (secondary N) is 1. The Balaban J connectivity index is 1.94. The molecule has 0 saturated carbocycles. The summed E-state index contributed by atoms with van der Waals surface area (Å²) in [6.45, 7) is 4.09. The van der Waals surface area contributed by atoms with Gasteiger partial charge in [0.1, 0.15) is 6.61 Å². The predicted molar refractivity (Wildman–Crippen MR) is 49.6 cm³/mol. The molecule has 1 saturated heterocycles. The van der Waals surface area contributed by atoms with Gasteiger partial charge in [0.25, 0.3) is 0 Å². The summed E-state index contributed by atoms with van der Waals surface area (Å²) in [5, 5.41) is 7.15. The Hall–Kier alpha value is -0.940. The van der Waals surface area contributed by atoms with E-state index in [0.717, 1.165) is 13.0 Å². The fourth-order valence-electron chi connectivity index (χ4n) is 1.56. The van der Waals surface area contributed by atoms with Crippen LogP contribution in [0.5, 0.6) is 0 Å². The van der Waals surface area contributed by atoms with Crippen LogP contribution < -0.4 is 5.32 Å². The molecule has 2 heterocycles. The van der Waals surface area contributed by atoms with E-state index in [9.17, 15) is 0 Å². The molecular weight excluding hydrogens is 182 g/mol. The number of rotatable bonds is 4. The van der Waals surface area contributed by atoms with Crippen molar-refractivity contribution in [3.05, 3.63) is 11.7 Å². The second-order valence-electron chi connectivity index (χ2n) is 3.33. The Morgan fingerprint density at radius 2 is 2.57 bits per heavy atom. The van der Waals surface area contributed by atoms with Crippen LogP contribution in [0.4, 0.5) is 0 Å². The summed E-state index contributed by atoms with van der Waals surface area (Å²) in [4.78, 5) is 4.26. The van der Waals surface area contributed by atoms with Crippen molar-refractivity contribution in [3.63, 3.8) is 0 Å². The Morgan fingerprint density at radius 1 is 1.64 bits per heavy atom. The summed E-state index contributed by atoms with van der Waals surface area (Å²) in [6.07, 6.45) is 2.25. The smallest absolute Gasteiger partial charge is 0.243 e. The van der Waals surface area contributed by atoms with E-state index in [-0.39, 0.29) is 6.04 Å². The molecule has 0 aromatic carbocycles. The summed E-state index contributed by atoms with van der Waals surface area (Å²) in [6, 6.07) is 0.248. The highest BCUT2D eigenvalue weighted by molar-refractivity contribution is 4.94. The number of hydrogen-bond donors (Lipinski definition) is 1. The fourth-order valence-corrected chi connectivity index (χ4v) is 1.56. The summed E-state index contributed by atoms with van der Waals surface area (Å²) >= 11 is 0. The van der Waals surface area contributed by atoms with Crippen molar-refractivity contribution in [2.24, 2.45) is 0 Å². The monoisotopic (exact) mass is 197 g/mol. The number of aromatic nitrogens is 2. The molecule has 1 aromatic rings. The van der Waals surface area contributed by atoms with Gasteiger partial charge >= 0.3 is 0 Å². The number of ether oxygens (including phenoxy) is 1. The molecule has 2 rings (SSSR count). The summed E-state index contributed by atoms with van der Waals surface area (Å²) in [7, 11) is 0. The Morgan fingerprint density at radius 3 is 3.29 bits per heavy atom. The lowest BCUT2D eigenvalue weighted by Crippen LogP contribution is -2.13. The van der Waals surface area contributed by atoms with Crippen LogP contribution in [-0.2, 0) is 11.3 Å². The molecular formula is C9H15N3O2. The average molecular weight is 197 g/mol. The van der Waals surface area contributed by atoms with Gasteiger partial charge in [0.2, 0.25) is 5.89 Å². The number of nitrogens with zero attached hydrogens (tertiary/aromatic N) is 2. The van der Waals surface area contributed by atoms with Crippen LogP contribution in [0.2, 0.25) is 0 Å². The molecule has 0 aliphatic carbocycles. The first-order valence-corrected chi connectivity index (χ1v) is 5.03. The van der Waals surface area contributed by atoms with Gasteiger partial charge in [-0.25, -0.2) is 0 Å². The van der Waals surface area contributed by atoms with Crippen molar-refractivity contribution >= 4 is 0 Å². The topological polar surface area (TPSA) is 60.2 Å². The summed E-state index contributed by atoms with van der Waals surface area (Å²) < 4.78 is 10.3. The maximum absolute atomic E-state index is 5.19. The molecule has 14 heavy (non-hydrogen) atoms. The minimum absolute atomic E-state index is 0.248. The van der Waals surface area contributed by atoms with Gasteiger partial charge in [0, 0.05) is 6.61 Å².